The van der Waals surface area contributed by atoms with Crippen molar-refractivity contribution in [2.45, 2.75) is 25.9 Å². The number of esters is 2. The van der Waals surface area contributed by atoms with Crippen LogP contribution in [0.3, 0.4) is 0 Å². The fourth-order valence-corrected chi connectivity index (χ4v) is 4.56. The molecule has 138 valence electrons. The fraction of sp³-hybridized carbons (Fsp3) is 0.526. The second-order valence-corrected chi connectivity index (χ2v) is 7.04. The Morgan fingerprint density at radius 1 is 1.23 bits per heavy atom. The maximum absolute atomic E-state index is 12.4. The van der Waals surface area contributed by atoms with E-state index >= 15 is 0 Å². The van der Waals surface area contributed by atoms with Gasteiger partial charge in [-0.1, -0.05) is 0 Å². The lowest BCUT2D eigenvalue weighted by Gasteiger charge is -2.22. The van der Waals surface area contributed by atoms with E-state index < -0.39 is 17.8 Å². The number of benzene rings is 1. The highest BCUT2D eigenvalue weighted by Gasteiger charge is 2.64. The number of carbonyl (C=O) groups is 3. The minimum atomic E-state index is -0.471. The molecule has 3 aliphatic rings. The number of nitrogens with one attached hydrogen (secondary N) is 1. The molecule has 2 bridgehead atoms. The number of amides is 1. The molecule has 2 aliphatic carbocycles. The molecule has 0 spiro atoms. The van der Waals surface area contributed by atoms with Gasteiger partial charge in [-0.15, -0.1) is 0 Å². The van der Waals surface area contributed by atoms with Crippen LogP contribution in [0.5, 0.6) is 5.75 Å². The van der Waals surface area contributed by atoms with Gasteiger partial charge in [0.15, 0.2) is 6.61 Å². The van der Waals surface area contributed by atoms with Crippen LogP contribution in [0.15, 0.2) is 24.3 Å². The first-order chi connectivity index (χ1) is 12.6. The summed E-state index contributed by atoms with van der Waals surface area (Å²) in [5.74, 6) is -1.05. The summed E-state index contributed by atoms with van der Waals surface area (Å²) in [6, 6.07) is 6.94. The molecule has 0 aromatic heterocycles. The van der Waals surface area contributed by atoms with E-state index in [4.69, 9.17) is 14.2 Å². The average Bonchev–Trinajstić information content (AvgIpc) is 3.24. The summed E-state index contributed by atoms with van der Waals surface area (Å²) in [4.78, 5) is 36.4. The van der Waals surface area contributed by atoms with Gasteiger partial charge in [0.2, 0.25) is 0 Å². The summed E-state index contributed by atoms with van der Waals surface area (Å²) in [5, 5.41) is 2.67. The van der Waals surface area contributed by atoms with Gasteiger partial charge in [-0.3, -0.25) is 14.4 Å². The molecule has 1 heterocycles. The maximum Gasteiger partial charge on any atom is 0.310 e. The molecule has 1 aromatic carbocycles. The number of hydrogen-bond donors (Lipinski definition) is 1. The molecule has 1 amide bonds. The molecule has 7 nitrogen and oxygen atoms in total. The van der Waals surface area contributed by atoms with Crippen LogP contribution in [-0.4, -0.2) is 37.2 Å². The summed E-state index contributed by atoms with van der Waals surface area (Å²) in [6.45, 7) is 2.09. The number of hydrogen-bond acceptors (Lipinski definition) is 6. The topological polar surface area (TPSA) is 90.9 Å². The second kappa shape index (κ2) is 6.63. The molecule has 5 atom stereocenters. The van der Waals surface area contributed by atoms with Crippen LogP contribution in [-0.2, 0) is 23.9 Å². The van der Waals surface area contributed by atoms with Crippen molar-refractivity contribution in [3.05, 3.63) is 24.3 Å². The fourth-order valence-electron chi connectivity index (χ4n) is 4.56. The van der Waals surface area contributed by atoms with E-state index in [1.807, 2.05) is 6.92 Å². The highest BCUT2D eigenvalue weighted by atomic mass is 16.6. The minimum absolute atomic E-state index is 0.0236. The largest absolute Gasteiger partial charge is 0.494 e. The van der Waals surface area contributed by atoms with Crippen LogP contribution in [0, 0.1) is 23.7 Å². The predicted octanol–water partition coefficient (Wildman–Crippen LogP) is 1.76. The first-order valence-electron chi connectivity index (χ1n) is 8.96. The van der Waals surface area contributed by atoms with Gasteiger partial charge in [0.25, 0.3) is 5.91 Å². The lowest BCUT2D eigenvalue weighted by Crippen LogP contribution is -2.34. The van der Waals surface area contributed by atoms with Crippen molar-refractivity contribution in [3.8, 4) is 5.75 Å². The van der Waals surface area contributed by atoms with E-state index in [9.17, 15) is 14.4 Å². The van der Waals surface area contributed by atoms with E-state index in [-0.39, 0.29) is 36.4 Å². The molecule has 0 unspecified atom stereocenters. The Hall–Kier alpha value is -2.57. The standard InChI is InChI=1S/C19H21NO6/c1-2-24-12-5-3-11(4-6-12)20-15(21)9-25-18(22)16-10-7-13-14(8-10)26-19(23)17(13)16/h3-6,10,13-14,16-17H,2,7-9H2,1H3,(H,20,21)/t10-,13+,14+,16-,17-/m1/s1. The molecule has 26 heavy (non-hydrogen) atoms. The molecular formula is C19H21NO6. The van der Waals surface area contributed by atoms with Crippen LogP contribution < -0.4 is 10.1 Å². The Bertz CT molecular complexity index is 728. The number of rotatable bonds is 6. The zero-order valence-corrected chi connectivity index (χ0v) is 14.5. The average molecular weight is 359 g/mol. The third-order valence-corrected chi connectivity index (χ3v) is 5.55. The van der Waals surface area contributed by atoms with E-state index in [0.29, 0.717) is 12.3 Å². The van der Waals surface area contributed by atoms with E-state index in [2.05, 4.69) is 5.32 Å². The molecular weight excluding hydrogens is 338 g/mol. The van der Waals surface area contributed by atoms with Gasteiger partial charge < -0.3 is 19.5 Å². The molecule has 1 aliphatic heterocycles. The molecule has 7 heteroatoms. The monoisotopic (exact) mass is 359 g/mol. The van der Waals surface area contributed by atoms with Crippen molar-refractivity contribution in [2.24, 2.45) is 23.7 Å². The van der Waals surface area contributed by atoms with Gasteiger partial charge in [-0.25, -0.2) is 0 Å². The smallest absolute Gasteiger partial charge is 0.310 e. The lowest BCUT2D eigenvalue weighted by molar-refractivity contribution is -0.157. The van der Waals surface area contributed by atoms with Crippen LogP contribution in [0.4, 0.5) is 5.69 Å². The number of fused-ring (bicyclic) bond motifs is 1. The van der Waals surface area contributed by atoms with Gasteiger partial charge in [-0.05, 0) is 49.9 Å². The molecule has 0 radical (unpaired) electrons. The van der Waals surface area contributed by atoms with Crippen LogP contribution in [0.1, 0.15) is 19.8 Å². The molecule has 3 fully saturated rings. The third-order valence-electron chi connectivity index (χ3n) is 5.55. The van der Waals surface area contributed by atoms with Crippen molar-refractivity contribution < 1.29 is 28.6 Å². The van der Waals surface area contributed by atoms with E-state index in [0.717, 1.165) is 18.6 Å². The van der Waals surface area contributed by atoms with Crippen molar-refractivity contribution >= 4 is 23.5 Å². The summed E-state index contributed by atoms with van der Waals surface area (Å²) in [7, 11) is 0. The van der Waals surface area contributed by atoms with Gasteiger partial charge >= 0.3 is 11.9 Å². The van der Waals surface area contributed by atoms with Gasteiger partial charge in [0, 0.05) is 11.6 Å². The molecule has 1 saturated heterocycles. The Balaban J connectivity index is 1.29. The number of carbonyl (C=O) groups excluding carboxylic acids is 3. The SMILES string of the molecule is CCOc1ccc(NC(=O)COC(=O)[C@@H]2[C@@H]3C[C@@H]4[C@H]2C(=O)O[C@H]4C3)cc1. The van der Waals surface area contributed by atoms with Gasteiger partial charge in [0.1, 0.15) is 11.9 Å². The zero-order valence-electron chi connectivity index (χ0n) is 14.5. The minimum Gasteiger partial charge on any atom is -0.494 e. The summed E-state index contributed by atoms with van der Waals surface area (Å²) in [5.41, 5.74) is 0.594. The number of anilines is 1. The van der Waals surface area contributed by atoms with Crippen LogP contribution >= 0.6 is 0 Å². The Morgan fingerprint density at radius 3 is 2.73 bits per heavy atom. The highest BCUT2D eigenvalue weighted by molar-refractivity contribution is 5.93. The van der Waals surface area contributed by atoms with Crippen molar-refractivity contribution in [1.29, 1.82) is 0 Å². The molecule has 1 aromatic rings. The van der Waals surface area contributed by atoms with Gasteiger partial charge in [0.05, 0.1) is 18.4 Å². The predicted molar refractivity (Wildman–Crippen MR) is 90.3 cm³/mol. The van der Waals surface area contributed by atoms with Crippen molar-refractivity contribution in [2.75, 3.05) is 18.5 Å². The summed E-state index contributed by atoms with van der Waals surface area (Å²) in [6.07, 6.45) is 1.54. The molecule has 4 rings (SSSR count). The highest BCUT2D eigenvalue weighted by Crippen LogP contribution is 2.57. The maximum atomic E-state index is 12.4. The Morgan fingerprint density at radius 2 is 2.00 bits per heavy atom. The van der Waals surface area contributed by atoms with Crippen LogP contribution in [0.2, 0.25) is 0 Å². The normalized spacial score (nSPS) is 30.8. The first kappa shape index (κ1) is 16.9. The van der Waals surface area contributed by atoms with Gasteiger partial charge in [-0.2, -0.15) is 0 Å². The lowest BCUT2D eigenvalue weighted by atomic mass is 9.80. The van der Waals surface area contributed by atoms with E-state index in [1.54, 1.807) is 24.3 Å². The van der Waals surface area contributed by atoms with Crippen molar-refractivity contribution in [3.63, 3.8) is 0 Å². The molecule has 2 saturated carbocycles. The Labute approximate surface area is 151 Å². The summed E-state index contributed by atoms with van der Waals surface area (Å²) >= 11 is 0. The summed E-state index contributed by atoms with van der Waals surface area (Å²) < 4.78 is 15.8. The number of ether oxygens (including phenoxy) is 3. The first-order valence-corrected chi connectivity index (χ1v) is 8.96. The quantitative estimate of drug-likeness (QED) is 0.779. The zero-order chi connectivity index (χ0) is 18.3. The van der Waals surface area contributed by atoms with E-state index in [1.165, 1.54) is 0 Å². The Kier molecular flexibility index (Phi) is 4.30. The third kappa shape index (κ3) is 2.91. The molecule has 1 N–H and O–H groups in total. The second-order valence-electron chi connectivity index (χ2n) is 7.04. The van der Waals surface area contributed by atoms with Crippen LogP contribution in [0.25, 0.3) is 0 Å². The van der Waals surface area contributed by atoms with Crippen molar-refractivity contribution in [1.82, 2.24) is 0 Å².